The van der Waals surface area contributed by atoms with Crippen molar-refractivity contribution in [2.75, 3.05) is 41.8 Å². The largest absolute Gasteiger partial charge is 0.416 e. The van der Waals surface area contributed by atoms with Gasteiger partial charge in [0.25, 0.3) is 0 Å². The Morgan fingerprint density at radius 2 is 1.77 bits per heavy atom. The van der Waals surface area contributed by atoms with Crippen molar-refractivity contribution in [3.8, 4) is 11.1 Å². The van der Waals surface area contributed by atoms with Gasteiger partial charge in [-0.15, -0.1) is 0 Å². The number of alkyl halides is 3. The summed E-state index contributed by atoms with van der Waals surface area (Å²) in [6.45, 7) is 2.90. The molecule has 0 radical (unpaired) electrons. The van der Waals surface area contributed by atoms with Crippen molar-refractivity contribution in [3.05, 3.63) is 66.6 Å². The number of anilines is 3. The Bertz CT molecular complexity index is 1330. The minimum atomic E-state index is -4.44. The summed E-state index contributed by atoms with van der Waals surface area (Å²) in [5, 5.41) is 5.98. The third kappa shape index (κ3) is 4.90. The van der Waals surface area contributed by atoms with Gasteiger partial charge in [0, 0.05) is 42.9 Å². The highest BCUT2D eigenvalue weighted by molar-refractivity contribution is 6.09. The van der Waals surface area contributed by atoms with Crippen LogP contribution in [0.4, 0.5) is 35.2 Å². The number of rotatable bonds is 4. The fourth-order valence-corrected chi connectivity index (χ4v) is 3.95. The lowest BCUT2D eigenvalue weighted by atomic mass is 10.0. The molecule has 2 amide bonds. The molecule has 4 heterocycles. The number of amides is 2. The number of nitrogens with zero attached hydrogens (tertiary/aromatic N) is 3. The number of fused-ring (bicyclic) bond motifs is 1. The quantitative estimate of drug-likeness (QED) is 0.375. The molecule has 180 valence electrons. The first kappa shape index (κ1) is 22.7. The summed E-state index contributed by atoms with van der Waals surface area (Å²) in [4.78, 5) is 26.7. The average molecular weight is 482 g/mol. The van der Waals surface area contributed by atoms with Crippen molar-refractivity contribution in [1.29, 1.82) is 0 Å². The summed E-state index contributed by atoms with van der Waals surface area (Å²) in [6, 6.07) is 9.38. The summed E-state index contributed by atoms with van der Waals surface area (Å²) in [5.74, 6) is 0.866. The number of halogens is 3. The van der Waals surface area contributed by atoms with Crippen LogP contribution in [-0.2, 0) is 10.9 Å². The molecule has 0 atom stereocenters. The molecule has 1 aliphatic rings. The van der Waals surface area contributed by atoms with Crippen LogP contribution < -0.4 is 15.5 Å². The molecule has 4 aromatic rings. The van der Waals surface area contributed by atoms with E-state index in [-0.39, 0.29) is 5.69 Å². The molecular weight excluding hydrogens is 461 g/mol. The van der Waals surface area contributed by atoms with E-state index >= 15 is 0 Å². The Labute approximate surface area is 198 Å². The van der Waals surface area contributed by atoms with E-state index in [0.29, 0.717) is 29.9 Å². The molecule has 3 aromatic heterocycles. The first-order chi connectivity index (χ1) is 16.9. The molecule has 35 heavy (non-hydrogen) atoms. The molecular formula is C24H21F3N6O2. The number of hydrogen-bond acceptors (Lipinski definition) is 5. The van der Waals surface area contributed by atoms with Gasteiger partial charge in [0.2, 0.25) is 0 Å². The van der Waals surface area contributed by atoms with Gasteiger partial charge in [-0.1, -0.05) is 0 Å². The van der Waals surface area contributed by atoms with Gasteiger partial charge >= 0.3 is 12.2 Å². The number of pyridine rings is 2. The fourth-order valence-electron chi connectivity index (χ4n) is 3.95. The Morgan fingerprint density at radius 3 is 2.46 bits per heavy atom. The van der Waals surface area contributed by atoms with E-state index in [1.807, 2.05) is 18.2 Å². The number of morpholine rings is 1. The van der Waals surface area contributed by atoms with Gasteiger partial charge in [-0.05, 0) is 48.0 Å². The first-order valence-corrected chi connectivity index (χ1v) is 10.9. The number of carbonyl (C=O) groups is 1. The zero-order chi connectivity index (χ0) is 24.4. The van der Waals surface area contributed by atoms with Crippen LogP contribution in [0.25, 0.3) is 22.2 Å². The number of ether oxygens (including phenoxy) is 1. The monoisotopic (exact) mass is 482 g/mol. The summed E-state index contributed by atoms with van der Waals surface area (Å²) in [6.07, 6.45) is 0.612. The van der Waals surface area contributed by atoms with Gasteiger partial charge in [-0.3, -0.25) is 0 Å². The van der Waals surface area contributed by atoms with Crippen LogP contribution in [0.1, 0.15) is 5.56 Å². The third-order valence-electron chi connectivity index (χ3n) is 5.69. The maximum atomic E-state index is 12.8. The number of H-pyrrole nitrogens is 1. The van der Waals surface area contributed by atoms with Crippen LogP contribution in [0.2, 0.25) is 0 Å². The van der Waals surface area contributed by atoms with Crippen molar-refractivity contribution >= 4 is 34.3 Å². The highest BCUT2D eigenvalue weighted by Gasteiger charge is 2.30. The van der Waals surface area contributed by atoms with E-state index < -0.39 is 17.8 Å². The van der Waals surface area contributed by atoms with Gasteiger partial charge in [0.1, 0.15) is 11.5 Å². The van der Waals surface area contributed by atoms with E-state index in [2.05, 4.69) is 30.5 Å². The van der Waals surface area contributed by atoms with Crippen molar-refractivity contribution in [1.82, 2.24) is 15.0 Å². The van der Waals surface area contributed by atoms with Crippen LogP contribution in [0, 0.1) is 0 Å². The van der Waals surface area contributed by atoms with Crippen molar-refractivity contribution in [3.63, 3.8) is 0 Å². The number of urea groups is 1. The lowest BCUT2D eigenvalue weighted by molar-refractivity contribution is -0.137. The van der Waals surface area contributed by atoms with Crippen molar-refractivity contribution in [2.45, 2.75) is 6.18 Å². The van der Waals surface area contributed by atoms with Crippen molar-refractivity contribution in [2.24, 2.45) is 0 Å². The highest BCUT2D eigenvalue weighted by atomic mass is 19.4. The SMILES string of the molecule is O=C(Nc1ccc(C(F)(F)F)cc1)Nc1c[nH]c2nccc(-c3ccc(N4CCOCC4)nc3)c12. The van der Waals surface area contributed by atoms with Crippen LogP contribution in [0.3, 0.4) is 0 Å². The third-order valence-corrected chi connectivity index (χ3v) is 5.69. The number of hydrogen-bond donors (Lipinski definition) is 3. The minimum Gasteiger partial charge on any atom is -0.378 e. The molecule has 1 aliphatic heterocycles. The topological polar surface area (TPSA) is 95.2 Å². The Kier molecular flexibility index (Phi) is 6.00. The number of aromatic amines is 1. The zero-order valence-electron chi connectivity index (χ0n) is 18.4. The molecule has 0 aliphatic carbocycles. The zero-order valence-corrected chi connectivity index (χ0v) is 18.4. The predicted molar refractivity (Wildman–Crippen MR) is 126 cm³/mol. The van der Waals surface area contributed by atoms with E-state index in [4.69, 9.17) is 4.74 Å². The normalized spacial score (nSPS) is 14.2. The maximum Gasteiger partial charge on any atom is 0.416 e. The Hall–Kier alpha value is -4.12. The van der Waals surface area contributed by atoms with E-state index in [9.17, 15) is 18.0 Å². The summed E-state index contributed by atoms with van der Waals surface area (Å²) < 4.78 is 43.7. The molecule has 1 saturated heterocycles. The predicted octanol–water partition coefficient (Wildman–Crippen LogP) is 5.12. The second kappa shape index (κ2) is 9.26. The molecule has 3 N–H and O–H groups in total. The van der Waals surface area contributed by atoms with Crippen LogP contribution >= 0.6 is 0 Å². The van der Waals surface area contributed by atoms with Gasteiger partial charge in [-0.2, -0.15) is 13.2 Å². The molecule has 0 spiro atoms. The smallest absolute Gasteiger partial charge is 0.378 e. The second-order valence-corrected chi connectivity index (χ2v) is 7.94. The van der Waals surface area contributed by atoms with Gasteiger partial charge < -0.3 is 25.3 Å². The Morgan fingerprint density at radius 1 is 1.00 bits per heavy atom. The first-order valence-electron chi connectivity index (χ1n) is 10.9. The molecule has 11 heteroatoms. The van der Waals surface area contributed by atoms with E-state index in [1.165, 1.54) is 12.1 Å². The number of aromatic nitrogens is 3. The maximum absolute atomic E-state index is 12.8. The van der Waals surface area contributed by atoms with Crippen LogP contribution in [0.5, 0.6) is 0 Å². The number of nitrogens with one attached hydrogen (secondary N) is 3. The molecule has 0 bridgehead atoms. The number of benzene rings is 1. The fraction of sp³-hybridized carbons (Fsp3) is 0.208. The van der Waals surface area contributed by atoms with Crippen molar-refractivity contribution < 1.29 is 22.7 Å². The molecule has 1 fully saturated rings. The molecule has 0 unspecified atom stereocenters. The minimum absolute atomic E-state index is 0.233. The lowest BCUT2D eigenvalue weighted by Crippen LogP contribution is -2.36. The number of carbonyl (C=O) groups excluding carboxylic acids is 1. The molecule has 1 aromatic carbocycles. The Balaban J connectivity index is 1.36. The second-order valence-electron chi connectivity index (χ2n) is 7.94. The summed E-state index contributed by atoms with van der Waals surface area (Å²) in [7, 11) is 0. The van der Waals surface area contributed by atoms with E-state index in [0.717, 1.165) is 42.2 Å². The van der Waals surface area contributed by atoms with E-state index in [1.54, 1.807) is 18.6 Å². The summed E-state index contributed by atoms with van der Waals surface area (Å²) >= 11 is 0. The highest BCUT2D eigenvalue weighted by Crippen LogP contribution is 2.34. The summed E-state index contributed by atoms with van der Waals surface area (Å²) in [5.41, 5.74) is 2.16. The molecule has 0 saturated carbocycles. The average Bonchev–Trinajstić information content (AvgIpc) is 3.27. The van der Waals surface area contributed by atoms with Gasteiger partial charge in [0.05, 0.1) is 29.9 Å². The standard InChI is InChI=1S/C24H21F3N6O2/c25-24(26,27)16-2-4-17(5-3-16)31-23(34)32-19-14-30-22-21(19)18(7-8-28-22)15-1-6-20(29-13-15)33-9-11-35-12-10-33/h1-8,13-14H,9-12H2,(H,28,30)(H2,31,32,34). The van der Waals surface area contributed by atoms with Crippen LogP contribution in [-0.4, -0.2) is 47.3 Å². The van der Waals surface area contributed by atoms with Crippen LogP contribution in [0.15, 0.2) is 61.1 Å². The molecule has 8 nitrogen and oxygen atoms in total. The molecule has 5 rings (SSSR count). The van der Waals surface area contributed by atoms with Gasteiger partial charge in [0.15, 0.2) is 0 Å². The van der Waals surface area contributed by atoms with Gasteiger partial charge in [-0.25, -0.2) is 14.8 Å². The lowest BCUT2D eigenvalue weighted by Gasteiger charge is -2.27.